The van der Waals surface area contributed by atoms with Gasteiger partial charge in [-0.25, -0.2) is 4.79 Å². The van der Waals surface area contributed by atoms with E-state index in [1.165, 1.54) is 0 Å². The van der Waals surface area contributed by atoms with Gasteiger partial charge in [0.25, 0.3) is 0 Å². The third-order valence-corrected chi connectivity index (χ3v) is 4.86. The molecular formula is C18H17Cl2N3O3. The molecule has 1 aliphatic rings. The molecule has 1 heterocycles. The van der Waals surface area contributed by atoms with Crippen molar-refractivity contribution < 1.29 is 14.3 Å². The second kappa shape index (κ2) is 7.85. The third-order valence-electron chi connectivity index (χ3n) is 4.04. The lowest BCUT2D eigenvalue weighted by Gasteiger charge is -2.18. The summed E-state index contributed by atoms with van der Waals surface area (Å²) in [5.41, 5.74) is 1.17. The summed E-state index contributed by atoms with van der Waals surface area (Å²) in [6, 6.07) is 11.4. The summed E-state index contributed by atoms with van der Waals surface area (Å²) in [4.78, 5) is 26.1. The molecule has 0 spiro atoms. The molecule has 136 valence electrons. The molecule has 3 rings (SSSR count). The standard InChI is InChI=1S/C18H17Cl2N3O3/c1-26-13-7-5-12(6-8-13)23-10-11(9-16(23)24)21-18(25)22-15-4-2-3-14(19)17(15)20/h2-8,11H,9-10H2,1H3,(H2,21,22,25)/t11-/m0/s1. The van der Waals surface area contributed by atoms with Gasteiger partial charge in [-0.3, -0.25) is 4.79 Å². The van der Waals surface area contributed by atoms with E-state index in [-0.39, 0.29) is 23.4 Å². The van der Waals surface area contributed by atoms with Crippen molar-refractivity contribution in [3.8, 4) is 5.75 Å². The first kappa shape index (κ1) is 18.4. The Morgan fingerprint density at radius 1 is 1.19 bits per heavy atom. The van der Waals surface area contributed by atoms with E-state index < -0.39 is 6.03 Å². The number of amides is 3. The summed E-state index contributed by atoms with van der Waals surface area (Å²) in [5, 5.41) is 6.06. The topological polar surface area (TPSA) is 70.7 Å². The maximum Gasteiger partial charge on any atom is 0.319 e. The molecule has 3 amide bonds. The van der Waals surface area contributed by atoms with E-state index in [4.69, 9.17) is 27.9 Å². The van der Waals surface area contributed by atoms with E-state index in [0.29, 0.717) is 23.0 Å². The number of benzene rings is 2. The highest BCUT2D eigenvalue weighted by Gasteiger charge is 2.31. The van der Waals surface area contributed by atoms with E-state index in [0.717, 1.165) is 5.69 Å². The van der Waals surface area contributed by atoms with Crippen LogP contribution < -0.4 is 20.3 Å². The van der Waals surface area contributed by atoms with E-state index in [1.807, 2.05) is 12.1 Å². The number of nitrogens with zero attached hydrogens (tertiary/aromatic N) is 1. The van der Waals surface area contributed by atoms with Crippen molar-refractivity contribution in [2.45, 2.75) is 12.5 Å². The van der Waals surface area contributed by atoms with Gasteiger partial charge in [0.2, 0.25) is 5.91 Å². The van der Waals surface area contributed by atoms with E-state index in [1.54, 1.807) is 42.3 Å². The van der Waals surface area contributed by atoms with Gasteiger partial charge >= 0.3 is 6.03 Å². The van der Waals surface area contributed by atoms with Crippen molar-refractivity contribution in [2.24, 2.45) is 0 Å². The molecule has 0 aromatic heterocycles. The molecule has 1 saturated heterocycles. The average Bonchev–Trinajstić information content (AvgIpc) is 2.99. The highest BCUT2D eigenvalue weighted by Crippen LogP contribution is 2.29. The van der Waals surface area contributed by atoms with Crippen LogP contribution in [0.1, 0.15) is 6.42 Å². The van der Waals surface area contributed by atoms with Crippen LogP contribution in [0.5, 0.6) is 5.75 Å². The van der Waals surface area contributed by atoms with Gasteiger partial charge in [-0.2, -0.15) is 0 Å². The van der Waals surface area contributed by atoms with Crippen molar-refractivity contribution in [1.29, 1.82) is 0 Å². The Morgan fingerprint density at radius 3 is 2.62 bits per heavy atom. The summed E-state index contributed by atoms with van der Waals surface area (Å²) in [6.45, 7) is 0.391. The van der Waals surface area contributed by atoms with E-state index >= 15 is 0 Å². The summed E-state index contributed by atoms with van der Waals surface area (Å²) < 4.78 is 5.12. The van der Waals surface area contributed by atoms with Gasteiger partial charge in [0.15, 0.2) is 0 Å². The molecule has 2 N–H and O–H groups in total. The van der Waals surface area contributed by atoms with Crippen LogP contribution in [0.4, 0.5) is 16.2 Å². The first-order valence-electron chi connectivity index (χ1n) is 7.94. The minimum Gasteiger partial charge on any atom is -0.497 e. The van der Waals surface area contributed by atoms with E-state index in [9.17, 15) is 9.59 Å². The highest BCUT2D eigenvalue weighted by molar-refractivity contribution is 6.43. The number of urea groups is 1. The lowest BCUT2D eigenvalue weighted by atomic mass is 10.2. The molecule has 26 heavy (non-hydrogen) atoms. The molecule has 0 aliphatic carbocycles. The van der Waals surface area contributed by atoms with Crippen LogP contribution in [0.2, 0.25) is 10.0 Å². The van der Waals surface area contributed by atoms with Crippen LogP contribution in [-0.4, -0.2) is 31.6 Å². The molecule has 0 saturated carbocycles. The van der Waals surface area contributed by atoms with Gasteiger partial charge in [0.1, 0.15) is 5.75 Å². The quantitative estimate of drug-likeness (QED) is 0.826. The number of carbonyl (C=O) groups excluding carboxylic acids is 2. The first-order chi connectivity index (χ1) is 12.5. The number of halogens is 2. The van der Waals surface area contributed by atoms with Gasteiger partial charge in [-0.05, 0) is 36.4 Å². The number of ether oxygens (including phenoxy) is 1. The lowest BCUT2D eigenvalue weighted by molar-refractivity contribution is -0.117. The van der Waals surface area contributed by atoms with Crippen LogP contribution >= 0.6 is 23.2 Å². The molecule has 8 heteroatoms. The monoisotopic (exact) mass is 393 g/mol. The smallest absolute Gasteiger partial charge is 0.319 e. The van der Waals surface area contributed by atoms with Crippen molar-refractivity contribution >= 4 is 46.5 Å². The highest BCUT2D eigenvalue weighted by atomic mass is 35.5. The number of rotatable bonds is 4. The molecule has 1 fully saturated rings. The van der Waals surface area contributed by atoms with Crippen molar-refractivity contribution in [3.05, 3.63) is 52.5 Å². The predicted molar refractivity (Wildman–Crippen MR) is 102 cm³/mol. The minimum atomic E-state index is -0.441. The van der Waals surface area contributed by atoms with Crippen LogP contribution in [0.25, 0.3) is 0 Å². The van der Waals surface area contributed by atoms with Gasteiger partial charge in [-0.15, -0.1) is 0 Å². The second-order valence-corrected chi connectivity index (χ2v) is 6.59. The van der Waals surface area contributed by atoms with Crippen LogP contribution in [-0.2, 0) is 4.79 Å². The zero-order valence-electron chi connectivity index (χ0n) is 14.0. The predicted octanol–water partition coefficient (Wildman–Crippen LogP) is 3.93. The molecule has 0 unspecified atom stereocenters. The molecule has 2 aromatic carbocycles. The van der Waals surface area contributed by atoms with Crippen LogP contribution in [0.15, 0.2) is 42.5 Å². The Labute approximate surface area is 161 Å². The summed E-state index contributed by atoms with van der Waals surface area (Å²) in [6.07, 6.45) is 0.225. The number of hydrogen-bond donors (Lipinski definition) is 2. The molecule has 2 aromatic rings. The largest absolute Gasteiger partial charge is 0.497 e. The molecule has 1 atom stereocenters. The van der Waals surface area contributed by atoms with Crippen molar-refractivity contribution in [2.75, 3.05) is 23.9 Å². The fraction of sp³-hybridized carbons (Fsp3) is 0.222. The van der Waals surface area contributed by atoms with Gasteiger partial charge < -0.3 is 20.3 Å². The first-order valence-corrected chi connectivity index (χ1v) is 8.69. The fourth-order valence-corrected chi connectivity index (χ4v) is 3.11. The maximum absolute atomic E-state index is 12.3. The average molecular weight is 394 g/mol. The Bertz CT molecular complexity index is 827. The molecule has 0 bridgehead atoms. The minimum absolute atomic E-state index is 0.0544. The summed E-state index contributed by atoms with van der Waals surface area (Å²) >= 11 is 12.0. The summed E-state index contributed by atoms with van der Waals surface area (Å²) in [5.74, 6) is 0.661. The summed E-state index contributed by atoms with van der Waals surface area (Å²) in [7, 11) is 1.58. The fourth-order valence-electron chi connectivity index (χ4n) is 2.76. The number of hydrogen-bond acceptors (Lipinski definition) is 3. The Morgan fingerprint density at radius 2 is 1.92 bits per heavy atom. The number of methoxy groups -OCH3 is 1. The van der Waals surface area contributed by atoms with Gasteiger partial charge in [0, 0.05) is 18.7 Å². The normalized spacial score (nSPS) is 16.5. The molecule has 6 nitrogen and oxygen atoms in total. The molecular weight excluding hydrogens is 377 g/mol. The SMILES string of the molecule is COc1ccc(N2C[C@@H](NC(=O)Nc3cccc(Cl)c3Cl)CC2=O)cc1. The Balaban J connectivity index is 1.61. The second-order valence-electron chi connectivity index (χ2n) is 5.80. The zero-order chi connectivity index (χ0) is 18.7. The van der Waals surface area contributed by atoms with Crippen LogP contribution in [0, 0.1) is 0 Å². The molecule has 1 aliphatic heterocycles. The Kier molecular flexibility index (Phi) is 5.54. The van der Waals surface area contributed by atoms with Crippen molar-refractivity contribution in [1.82, 2.24) is 5.32 Å². The molecule has 0 radical (unpaired) electrons. The Hall–Kier alpha value is -2.44. The van der Waals surface area contributed by atoms with E-state index in [2.05, 4.69) is 10.6 Å². The lowest BCUT2D eigenvalue weighted by Crippen LogP contribution is -2.39. The third kappa shape index (κ3) is 4.03. The van der Waals surface area contributed by atoms with Gasteiger partial charge in [-0.1, -0.05) is 29.3 Å². The zero-order valence-corrected chi connectivity index (χ0v) is 15.5. The van der Waals surface area contributed by atoms with Crippen molar-refractivity contribution in [3.63, 3.8) is 0 Å². The number of carbonyl (C=O) groups is 2. The maximum atomic E-state index is 12.3. The number of nitrogens with one attached hydrogen (secondary N) is 2. The van der Waals surface area contributed by atoms with Crippen LogP contribution in [0.3, 0.4) is 0 Å². The van der Waals surface area contributed by atoms with Gasteiger partial charge in [0.05, 0.1) is 28.9 Å². The number of anilines is 2.